The van der Waals surface area contributed by atoms with Crippen molar-refractivity contribution in [1.29, 1.82) is 0 Å². The first-order valence-corrected chi connectivity index (χ1v) is 1.93. The van der Waals surface area contributed by atoms with Gasteiger partial charge in [0.15, 0.2) is 0 Å². The van der Waals surface area contributed by atoms with Crippen LogP contribution in [0.15, 0.2) is 0 Å². The van der Waals surface area contributed by atoms with Crippen molar-refractivity contribution < 1.29 is 4.29 Å². The fourth-order valence-electron chi connectivity index (χ4n) is 0. The molecule has 0 amide bonds. The molecule has 0 spiro atoms. The van der Waals surface area contributed by atoms with E-state index < -0.39 is 0 Å². The minimum Gasteiger partial charge on any atom is -0.260 e. The van der Waals surface area contributed by atoms with Crippen LogP contribution in [0.3, 0.4) is 0 Å². The van der Waals surface area contributed by atoms with Crippen LogP contribution in [0.25, 0.3) is 0 Å². The summed E-state index contributed by atoms with van der Waals surface area (Å²) in [6.45, 7) is 1.63. The van der Waals surface area contributed by atoms with Gasteiger partial charge in [-0.05, 0) is 6.92 Å². The van der Waals surface area contributed by atoms with Crippen molar-refractivity contribution in [3.63, 3.8) is 0 Å². The molecule has 1 atom stereocenters. The molecule has 0 aliphatic heterocycles. The first kappa shape index (κ1) is 10.3. The molecule has 0 fully saturated rings. The Balaban J connectivity index is 0. The summed E-state index contributed by atoms with van der Waals surface area (Å²) in [5, 5.41) is 0. The van der Waals surface area contributed by atoms with E-state index in [1.54, 1.807) is 6.92 Å². The predicted octanol–water partition coefficient (Wildman–Crippen LogP) is 0.825. The number of hydrogen-bond donors (Lipinski definition) is 0. The average Bonchev–Trinajstić information content (AvgIpc) is 1.38. The third-order valence-corrected chi connectivity index (χ3v) is 0.570. The van der Waals surface area contributed by atoms with Crippen LogP contribution in [0.2, 0.25) is 0 Å². The zero-order chi connectivity index (χ0) is 4.28. The molecule has 0 aromatic carbocycles. The van der Waals surface area contributed by atoms with Crippen molar-refractivity contribution in [3.8, 4) is 0 Å². The van der Waals surface area contributed by atoms with E-state index in [4.69, 9.17) is 23.5 Å². The first-order valence-electron chi connectivity index (χ1n) is 1.19. The second-order valence-electron chi connectivity index (χ2n) is 0.632. The zero-order valence-electron chi connectivity index (χ0n) is 2.74. The highest BCUT2D eigenvalue weighted by Gasteiger charge is 1.85. The Morgan fingerprint density at radius 2 is 1.83 bits per heavy atom. The van der Waals surface area contributed by atoms with Gasteiger partial charge >= 0.3 is 23.1 Å². The SMILES string of the molecule is CC(Cl)OCl.[MgH2]. The Morgan fingerprint density at radius 1 is 1.67 bits per heavy atom. The van der Waals surface area contributed by atoms with Gasteiger partial charge in [0.25, 0.3) is 0 Å². The molecule has 1 unspecified atom stereocenters. The van der Waals surface area contributed by atoms with Gasteiger partial charge in [-0.25, -0.2) is 0 Å². The fourth-order valence-corrected chi connectivity index (χ4v) is 0. The Bertz CT molecular complexity index is 25.5. The maximum absolute atomic E-state index is 5.11. The van der Waals surface area contributed by atoms with Gasteiger partial charge in [-0.3, -0.25) is 4.29 Å². The highest BCUT2D eigenvalue weighted by molar-refractivity contribution is 6.21. The van der Waals surface area contributed by atoms with Gasteiger partial charge in [-0.15, -0.1) is 0 Å². The van der Waals surface area contributed by atoms with E-state index in [1.165, 1.54) is 0 Å². The second-order valence-corrected chi connectivity index (χ2v) is 1.42. The molecule has 1 nitrogen and oxygen atoms in total. The molecule has 36 valence electrons. The molecule has 0 N–H and O–H groups in total. The first-order chi connectivity index (χ1) is 2.27. The lowest BCUT2D eigenvalue weighted by Crippen LogP contribution is -1.83. The van der Waals surface area contributed by atoms with Crippen molar-refractivity contribution in [2.75, 3.05) is 0 Å². The molecule has 0 saturated heterocycles. The lowest BCUT2D eigenvalue weighted by Gasteiger charge is -1.87. The minimum atomic E-state index is -0.378. The third kappa shape index (κ3) is 9.00. The monoisotopic (exact) mass is 140 g/mol. The molecule has 0 radical (unpaired) electrons. The molecule has 6 heavy (non-hydrogen) atoms. The number of rotatable bonds is 1. The number of hydrogen-bond acceptors (Lipinski definition) is 1. The Morgan fingerprint density at radius 3 is 1.83 bits per heavy atom. The smallest absolute Gasteiger partial charge is 0.260 e. The Kier molecular flexibility index (Phi) is 10.8. The van der Waals surface area contributed by atoms with E-state index in [9.17, 15) is 0 Å². The van der Waals surface area contributed by atoms with Crippen LogP contribution in [0.5, 0.6) is 0 Å². The summed E-state index contributed by atoms with van der Waals surface area (Å²) >= 11 is 9.81. The molecule has 4 heteroatoms. The van der Waals surface area contributed by atoms with Crippen LogP contribution in [0, 0.1) is 0 Å². The third-order valence-electron chi connectivity index (χ3n) is 0.123. The molecular formula is C2H6Cl2MgO. The Hall–Kier alpha value is 1.31. The van der Waals surface area contributed by atoms with Gasteiger partial charge in [-0.1, -0.05) is 11.6 Å². The summed E-state index contributed by atoms with van der Waals surface area (Å²) in [5.74, 6) is 0. The van der Waals surface area contributed by atoms with Crippen LogP contribution in [-0.2, 0) is 4.29 Å². The fraction of sp³-hybridized carbons (Fsp3) is 1.00. The normalized spacial score (nSPS) is 12.5. The summed E-state index contributed by atoms with van der Waals surface area (Å²) in [6, 6.07) is 0. The molecule has 0 bridgehead atoms. The van der Waals surface area contributed by atoms with Gasteiger partial charge in [0, 0.05) is 0 Å². The summed E-state index contributed by atoms with van der Waals surface area (Å²) in [5.41, 5.74) is -0.378. The van der Waals surface area contributed by atoms with Crippen LogP contribution >= 0.6 is 23.5 Å². The van der Waals surface area contributed by atoms with Crippen LogP contribution < -0.4 is 0 Å². The van der Waals surface area contributed by atoms with Gasteiger partial charge < -0.3 is 0 Å². The topological polar surface area (TPSA) is 9.23 Å². The molecule has 0 rings (SSSR count). The quantitative estimate of drug-likeness (QED) is 0.388. The molecule has 0 saturated carbocycles. The summed E-state index contributed by atoms with van der Waals surface area (Å²) < 4.78 is 3.99. The summed E-state index contributed by atoms with van der Waals surface area (Å²) in [4.78, 5) is 0. The van der Waals surface area contributed by atoms with E-state index >= 15 is 0 Å². The maximum atomic E-state index is 5.11. The van der Waals surface area contributed by atoms with E-state index in [-0.39, 0.29) is 28.6 Å². The highest BCUT2D eigenvalue weighted by Crippen LogP contribution is 1.95. The van der Waals surface area contributed by atoms with Crippen molar-refractivity contribution in [2.24, 2.45) is 0 Å². The summed E-state index contributed by atoms with van der Waals surface area (Å²) in [7, 11) is 0. The van der Waals surface area contributed by atoms with Crippen molar-refractivity contribution in [1.82, 2.24) is 0 Å². The van der Waals surface area contributed by atoms with E-state index in [2.05, 4.69) is 4.29 Å². The number of halogens is 2. The second kappa shape index (κ2) is 6.31. The molecule has 0 heterocycles. The van der Waals surface area contributed by atoms with E-state index in [0.717, 1.165) is 0 Å². The van der Waals surface area contributed by atoms with Crippen LogP contribution in [0.1, 0.15) is 6.92 Å². The zero-order valence-corrected chi connectivity index (χ0v) is 4.25. The minimum absolute atomic E-state index is 0. The van der Waals surface area contributed by atoms with Gasteiger partial charge in [-0.2, -0.15) is 0 Å². The van der Waals surface area contributed by atoms with Gasteiger partial charge in [0.2, 0.25) is 0 Å². The summed E-state index contributed by atoms with van der Waals surface area (Å²) in [6.07, 6.45) is 0. The predicted molar refractivity (Wildman–Crippen MR) is 30.8 cm³/mol. The molecule has 0 aromatic heterocycles. The van der Waals surface area contributed by atoms with Gasteiger partial charge in [0.1, 0.15) is 5.56 Å². The lowest BCUT2D eigenvalue weighted by molar-refractivity contribution is 0.335. The van der Waals surface area contributed by atoms with Crippen molar-refractivity contribution >= 4 is 46.5 Å². The molecule has 0 aliphatic rings. The highest BCUT2D eigenvalue weighted by atomic mass is 35.5. The van der Waals surface area contributed by atoms with E-state index in [0.29, 0.717) is 0 Å². The number of alkyl halides is 1. The van der Waals surface area contributed by atoms with Crippen molar-refractivity contribution in [2.45, 2.75) is 12.5 Å². The standard InChI is InChI=1S/C2H4Cl2O.Mg.2H/c1-2(3)5-4;;;/h2H,1H3;;;. The van der Waals surface area contributed by atoms with Gasteiger partial charge in [0.05, 0.1) is 11.9 Å². The van der Waals surface area contributed by atoms with Crippen molar-refractivity contribution in [3.05, 3.63) is 0 Å². The van der Waals surface area contributed by atoms with Crippen LogP contribution in [0.4, 0.5) is 0 Å². The van der Waals surface area contributed by atoms with Crippen LogP contribution in [-0.4, -0.2) is 28.6 Å². The lowest BCUT2D eigenvalue weighted by atomic mass is 10.9. The molecular weight excluding hydrogens is 135 g/mol. The Labute approximate surface area is 63.3 Å². The maximum Gasteiger partial charge on any atom is 0.316 e. The molecule has 0 aliphatic carbocycles. The van der Waals surface area contributed by atoms with E-state index in [1.807, 2.05) is 0 Å². The molecule has 0 aromatic rings. The average molecular weight is 141 g/mol. The largest absolute Gasteiger partial charge is 0.316 e.